The summed E-state index contributed by atoms with van der Waals surface area (Å²) in [6.07, 6.45) is -2.01. The molecule has 0 bridgehead atoms. The topological polar surface area (TPSA) is 26.0 Å². The molecule has 0 aromatic heterocycles. The molecule has 0 unspecified atom stereocenters. The van der Waals surface area contributed by atoms with E-state index in [1.165, 1.54) is 0 Å². The lowest BCUT2D eigenvalue weighted by Gasteiger charge is -2.14. The Morgan fingerprint density at radius 3 is 2.53 bits per heavy atom. The zero-order valence-corrected chi connectivity index (χ0v) is 9.10. The van der Waals surface area contributed by atoms with E-state index < -0.39 is 23.6 Å². The Morgan fingerprint density at radius 1 is 1.35 bits per heavy atom. The number of nitrogens with two attached hydrogens (primary N) is 1. The van der Waals surface area contributed by atoms with E-state index in [4.69, 9.17) is 5.73 Å². The van der Waals surface area contributed by atoms with Gasteiger partial charge in [0, 0.05) is 11.6 Å². The van der Waals surface area contributed by atoms with Gasteiger partial charge in [0.1, 0.15) is 5.82 Å². The van der Waals surface area contributed by atoms with E-state index in [1.54, 1.807) is 6.08 Å². The smallest absolute Gasteiger partial charge is 0.324 e. The van der Waals surface area contributed by atoms with Gasteiger partial charge < -0.3 is 5.73 Å². The number of halogens is 4. The molecular formula is C12H13F4N. The molecule has 1 rings (SSSR count). The predicted molar refractivity (Wildman–Crippen MR) is 57.8 cm³/mol. The Hall–Kier alpha value is -1.36. The summed E-state index contributed by atoms with van der Waals surface area (Å²) in [7, 11) is 0. The van der Waals surface area contributed by atoms with Crippen LogP contribution in [0.1, 0.15) is 30.0 Å². The van der Waals surface area contributed by atoms with Gasteiger partial charge in [0.2, 0.25) is 0 Å². The van der Waals surface area contributed by atoms with Crippen LogP contribution in [0, 0.1) is 5.82 Å². The van der Waals surface area contributed by atoms with E-state index in [9.17, 15) is 17.6 Å². The molecule has 1 aromatic rings. The van der Waals surface area contributed by atoms with Gasteiger partial charge in [-0.15, -0.1) is 6.58 Å². The maximum Gasteiger partial charge on any atom is 0.416 e. The predicted octanol–water partition coefficient (Wildman–Crippen LogP) is 3.81. The summed E-state index contributed by atoms with van der Waals surface area (Å²) in [6, 6.07) is 1.52. The monoisotopic (exact) mass is 247 g/mol. The third-order valence-electron chi connectivity index (χ3n) is 2.40. The van der Waals surface area contributed by atoms with Crippen LogP contribution in [-0.4, -0.2) is 0 Å². The lowest BCUT2D eigenvalue weighted by atomic mass is 10.00. The Bertz CT molecular complexity index is 398. The second-order valence-electron chi connectivity index (χ2n) is 3.71. The largest absolute Gasteiger partial charge is 0.416 e. The molecule has 0 aliphatic carbocycles. The third kappa shape index (κ3) is 3.56. The second-order valence-corrected chi connectivity index (χ2v) is 3.71. The van der Waals surface area contributed by atoms with Crippen molar-refractivity contribution in [2.75, 3.05) is 0 Å². The highest BCUT2D eigenvalue weighted by atomic mass is 19.4. The minimum atomic E-state index is -4.49. The molecule has 0 saturated carbocycles. The van der Waals surface area contributed by atoms with Crippen LogP contribution >= 0.6 is 0 Å². The fourth-order valence-corrected chi connectivity index (χ4v) is 1.46. The Kier molecular flexibility index (Phi) is 4.28. The van der Waals surface area contributed by atoms with E-state index in [0.29, 0.717) is 18.9 Å². The number of benzene rings is 1. The molecule has 1 atom stereocenters. The summed E-state index contributed by atoms with van der Waals surface area (Å²) in [5.74, 6) is -0.713. The highest BCUT2D eigenvalue weighted by molar-refractivity contribution is 5.29. The summed E-state index contributed by atoms with van der Waals surface area (Å²) in [4.78, 5) is 0. The molecule has 1 nitrogen and oxygen atoms in total. The van der Waals surface area contributed by atoms with Crippen molar-refractivity contribution in [3.8, 4) is 0 Å². The fraction of sp³-hybridized carbons (Fsp3) is 0.333. The van der Waals surface area contributed by atoms with E-state index in [-0.39, 0.29) is 5.56 Å². The van der Waals surface area contributed by atoms with Crippen LogP contribution in [-0.2, 0) is 6.18 Å². The van der Waals surface area contributed by atoms with Gasteiger partial charge in [-0.25, -0.2) is 4.39 Å². The molecule has 0 fully saturated rings. The average Bonchev–Trinajstić information content (AvgIpc) is 2.24. The van der Waals surface area contributed by atoms with Crippen LogP contribution in [0.5, 0.6) is 0 Å². The van der Waals surface area contributed by atoms with E-state index in [0.717, 1.165) is 12.1 Å². The number of rotatable bonds is 4. The number of allylic oxidation sites excluding steroid dienone is 1. The maximum absolute atomic E-state index is 13.4. The van der Waals surface area contributed by atoms with Crippen molar-refractivity contribution in [1.29, 1.82) is 0 Å². The Morgan fingerprint density at radius 2 is 2.00 bits per heavy atom. The summed E-state index contributed by atoms with van der Waals surface area (Å²) < 4.78 is 50.7. The van der Waals surface area contributed by atoms with Crippen molar-refractivity contribution in [2.45, 2.75) is 25.1 Å². The third-order valence-corrected chi connectivity index (χ3v) is 2.40. The van der Waals surface area contributed by atoms with Gasteiger partial charge in [0.25, 0.3) is 0 Å². The van der Waals surface area contributed by atoms with Gasteiger partial charge in [-0.05, 0) is 31.0 Å². The molecule has 0 radical (unpaired) electrons. The van der Waals surface area contributed by atoms with Gasteiger partial charge in [-0.3, -0.25) is 0 Å². The van der Waals surface area contributed by atoms with Gasteiger partial charge in [-0.1, -0.05) is 6.08 Å². The number of hydrogen-bond donors (Lipinski definition) is 1. The van der Waals surface area contributed by atoms with E-state index in [2.05, 4.69) is 6.58 Å². The van der Waals surface area contributed by atoms with Crippen molar-refractivity contribution < 1.29 is 17.6 Å². The molecule has 0 aliphatic rings. The standard InChI is InChI=1S/C12H13F4N/c1-2-3-4-11(17)9-7-8(12(14,15)16)5-6-10(9)13/h2,5-7,11H,1,3-4,17H2/t11-/m0/s1. The quantitative estimate of drug-likeness (QED) is 0.635. The first kappa shape index (κ1) is 13.7. The van der Waals surface area contributed by atoms with Gasteiger partial charge in [-0.2, -0.15) is 13.2 Å². The Labute approximate surface area is 96.9 Å². The van der Waals surface area contributed by atoms with Crippen LogP contribution in [0.15, 0.2) is 30.9 Å². The molecule has 1 aromatic carbocycles. The molecule has 5 heteroatoms. The lowest BCUT2D eigenvalue weighted by molar-refractivity contribution is -0.137. The van der Waals surface area contributed by atoms with Crippen LogP contribution < -0.4 is 5.73 Å². The molecule has 0 aliphatic heterocycles. The molecule has 17 heavy (non-hydrogen) atoms. The number of hydrogen-bond acceptors (Lipinski definition) is 1. The molecule has 0 amide bonds. The van der Waals surface area contributed by atoms with Crippen LogP contribution in [0.25, 0.3) is 0 Å². The van der Waals surface area contributed by atoms with Crippen LogP contribution in [0.3, 0.4) is 0 Å². The SMILES string of the molecule is C=CCC[C@H](N)c1cc(C(F)(F)F)ccc1F. The van der Waals surface area contributed by atoms with Crippen LogP contribution in [0.4, 0.5) is 17.6 Å². The Balaban J connectivity index is 3.02. The highest BCUT2D eigenvalue weighted by Gasteiger charge is 2.31. The van der Waals surface area contributed by atoms with E-state index >= 15 is 0 Å². The van der Waals surface area contributed by atoms with Crippen molar-refractivity contribution in [3.63, 3.8) is 0 Å². The van der Waals surface area contributed by atoms with Crippen molar-refractivity contribution in [1.82, 2.24) is 0 Å². The molecule has 94 valence electrons. The van der Waals surface area contributed by atoms with Crippen molar-refractivity contribution >= 4 is 0 Å². The van der Waals surface area contributed by atoms with Crippen LogP contribution in [0.2, 0.25) is 0 Å². The fourth-order valence-electron chi connectivity index (χ4n) is 1.46. The summed E-state index contributed by atoms with van der Waals surface area (Å²) in [5, 5.41) is 0. The van der Waals surface area contributed by atoms with Gasteiger partial charge >= 0.3 is 6.18 Å². The normalized spacial score (nSPS) is 13.5. The zero-order valence-electron chi connectivity index (χ0n) is 9.10. The molecule has 0 spiro atoms. The van der Waals surface area contributed by atoms with Gasteiger partial charge in [0.15, 0.2) is 0 Å². The maximum atomic E-state index is 13.4. The zero-order chi connectivity index (χ0) is 13.1. The first-order valence-corrected chi connectivity index (χ1v) is 5.09. The highest BCUT2D eigenvalue weighted by Crippen LogP contribution is 2.32. The summed E-state index contributed by atoms with van der Waals surface area (Å²) in [6.45, 7) is 3.48. The molecule has 0 saturated heterocycles. The molecular weight excluding hydrogens is 234 g/mol. The second kappa shape index (κ2) is 5.31. The van der Waals surface area contributed by atoms with Crippen molar-refractivity contribution in [2.24, 2.45) is 5.73 Å². The van der Waals surface area contributed by atoms with E-state index in [1.807, 2.05) is 0 Å². The summed E-state index contributed by atoms with van der Waals surface area (Å²) in [5.41, 5.74) is 4.64. The first-order chi connectivity index (χ1) is 7.86. The first-order valence-electron chi connectivity index (χ1n) is 5.09. The minimum Gasteiger partial charge on any atom is -0.324 e. The lowest BCUT2D eigenvalue weighted by Crippen LogP contribution is -2.14. The minimum absolute atomic E-state index is 0.110. The van der Waals surface area contributed by atoms with Gasteiger partial charge in [0.05, 0.1) is 5.56 Å². The molecule has 0 heterocycles. The summed E-state index contributed by atoms with van der Waals surface area (Å²) >= 11 is 0. The number of alkyl halides is 3. The molecule has 2 N–H and O–H groups in total. The van der Waals surface area contributed by atoms with Crippen molar-refractivity contribution in [3.05, 3.63) is 47.8 Å². The average molecular weight is 247 g/mol.